The Labute approximate surface area is 195 Å². The number of hydrogen-bond acceptors (Lipinski definition) is 6. The first-order valence-electron chi connectivity index (χ1n) is 11.5. The summed E-state index contributed by atoms with van der Waals surface area (Å²) in [5, 5.41) is 4.04. The number of aryl methyl sites for hydroxylation is 1. The van der Waals surface area contributed by atoms with E-state index in [1.165, 1.54) is 0 Å². The molecule has 2 aromatic carbocycles. The van der Waals surface area contributed by atoms with Crippen LogP contribution in [0.25, 0.3) is 22.3 Å². The number of carbonyl (C=O) groups is 1. The lowest BCUT2D eigenvalue weighted by Crippen LogP contribution is -2.45. The smallest absolute Gasteiger partial charge is 0.407 e. The minimum absolute atomic E-state index is 0.102. The molecule has 2 heterocycles. The standard InChI is InChI=1S/C26H32N4O3/c1-17(2)16-33-26(31)27-19-11-13-30(14-12-19)25-20-10-9-18(3)15-22(20)28-24(29-25)21-7-5-6-8-23(21)32-4/h5-10,15,17,19H,11-14,16H2,1-4H3,(H,27,31). The summed E-state index contributed by atoms with van der Waals surface area (Å²) in [4.78, 5) is 24.2. The molecule has 1 fully saturated rings. The Morgan fingerprint density at radius 1 is 1.15 bits per heavy atom. The molecule has 7 nitrogen and oxygen atoms in total. The molecule has 1 aliphatic rings. The third-order valence-corrected chi connectivity index (χ3v) is 5.84. The van der Waals surface area contributed by atoms with Crippen LogP contribution >= 0.6 is 0 Å². The minimum Gasteiger partial charge on any atom is -0.496 e. The van der Waals surface area contributed by atoms with Crippen LogP contribution in [0, 0.1) is 12.8 Å². The Morgan fingerprint density at radius 2 is 1.91 bits per heavy atom. The topological polar surface area (TPSA) is 76.6 Å². The van der Waals surface area contributed by atoms with Crippen molar-refractivity contribution < 1.29 is 14.3 Å². The van der Waals surface area contributed by atoms with Crippen LogP contribution in [0.4, 0.5) is 10.6 Å². The minimum atomic E-state index is -0.330. The average molecular weight is 449 g/mol. The van der Waals surface area contributed by atoms with Crippen LogP contribution < -0.4 is 15.0 Å². The SMILES string of the molecule is COc1ccccc1-c1nc(N2CCC(NC(=O)OCC(C)C)CC2)c2ccc(C)cc2n1. The number of methoxy groups -OCH3 is 1. The molecular weight excluding hydrogens is 416 g/mol. The van der Waals surface area contributed by atoms with E-state index in [0.717, 1.165) is 59.5 Å². The largest absolute Gasteiger partial charge is 0.496 e. The molecular formula is C26H32N4O3. The Balaban J connectivity index is 1.58. The van der Waals surface area contributed by atoms with E-state index in [4.69, 9.17) is 19.4 Å². The molecule has 174 valence electrons. The molecule has 0 atom stereocenters. The van der Waals surface area contributed by atoms with Gasteiger partial charge in [0.1, 0.15) is 11.6 Å². The molecule has 4 rings (SSSR count). The van der Waals surface area contributed by atoms with Gasteiger partial charge in [0.15, 0.2) is 5.82 Å². The number of aromatic nitrogens is 2. The van der Waals surface area contributed by atoms with Crippen LogP contribution in [-0.4, -0.2) is 48.9 Å². The van der Waals surface area contributed by atoms with Gasteiger partial charge in [-0.05, 0) is 55.5 Å². The van der Waals surface area contributed by atoms with Gasteiger partial charge in [0.2, 0.25) is 0 Å². The molecule has 1 saturated heterocycles. The molecule has 0 saturated carbocycles. The number of benzene rings is 2. The molecule has 0 radical (unpaired) electrons. The van der Waals surface area contributed by atoms with Gasteiger partial charge >= 0.3 is 6.09 Å². The molecule has 1 N–H and O–H groups in total. The third-order valence-electron chi connectivity index (χ3n) is 5.84. The maximum atomic E-state index is 12.1. The second-order valence-electron chi connectivity index (χ2n) is 8.99. The lowest BCUT2D eigenvalue weighted by Gasteiger charge is -2.33. The number of para-hydroxylation sites is 1. The number of ether oxygens (including phenoxy) is 2. The zero-order valence-corrected chi connectivity index (χ0v) is 19.8. The van der Waals surface area contributed by atoms with Crippen molar-refractivity contribution in [3.8, 4) is 17.1 Å². The summed E-state index contributed by atoms with van der Waals surface area (Å²) in [7, 11) is 1.66. The van der Waals surface area contributed by atoms with Crippen molar-refractivity contribution in [1.29, 1.82) is 0 Å². The number of nitrogens with one attached hydrogen (secondary N) is 1. The summed E-state index contributed by atoms with van der Waals surface area (Å²) in [5.74, 6) is 2.64. The Morgan fingerprint density at radius 3 is 2.64 bits per heavy atom. The van der Waals surface area contributed by atoms with Crippen molar-refractivity contribution >= 4 is 22.8 Å². The molecule has 1 aliphatic heterocycles. The van der Waals surface area contributed by atoms with E-state index in [-0.39, 0.29) is 12.1 Å². The lowest BCUT2D eigenvalue weighted by atomic mass is 10.0. The van der Waals surface area contributed by atoms with Crippen molar-refractivity contribution in [2.75, 3.05) is 31.7 Å². The van der Waals surface area contributed by atoms with E-state index in [0.29, 0.717) is 18.3 Å². The zero-order chi connectivity index (χ0) is 23.4. The number of piperidine rings is 1. The molecule has 0 aliphatic carbocycles. The Hall–Kier alpha value is -3.35. The molecule has 33 heavy (non-hydrogen) atoms. The monoisotopic (exact) mass is 448 g/mol. The first-order valence-corrected chi connectivity index (χ1v) is 11.5. The fraction of sp³-hybridized carbons (Fsp3) is 0.423. The van der Waals surface area contributed by atoms with E-state index in [2.05, 4.69) is 35.3 Å². The number of hydrogen-bond donors (Lipinski definition) is 1. The fourth-order valence-electron chi connectivity index (χ4n) is 4.10. The zero-order valence-electron chi connectivity index (χ0n) is 19.8. The van der Waals surface area contributed by atoms with Crippen LogP contribution in [0.3, 0.4) is 0 Å². The molecule has 0 unspecified atom stereocenters. The fourth-order valence-corrected chi connectivity index (χ4v) is 4.10. The van der Waals surface area contributed by atoms with Crippen LogP contribution in [-0.2, 0) is 4.74 Å². The maximum absolute atomic E-state index is 12.1. The normalized spacial score (nSPS) is 14.5. The first-order chi connectivity index (χ1) is 15.9. The van der Waals surface area contributed by atoms with Crippen molar-refractivity contribution in [2.24, 2.45) is 5.92 Å². The summed E-state index contributed by atoms with van der Waals surface area (Å²) in [6.07, 6.45) is 1.33. The van der Waals surface area contributed by atoms with Crippen molar-refractivity contribution in [3.63, 3.8) is 0 Å². The summed E-state index contributed by atoms with van der Waals surface area (Å²) < 4.78 is 10.8. The molecule has 0 bridgehead atoms. The van der Waals surface area contributed by atoms with E-state index in [1.807, 2.05) is 38.1 Å². The van der Waals surface area contributed by atoms with Gasteiger partial charge in [-0.15, -0.1) is 0 Å². The molecule has 1 amide bonds. The number of nitrogens with zero attached hydrogens (tertiary/aromatic N) is 3. The van der Waals surface area contributed by atoms with Gasteiger partial charge in [-0.3, -0.25) is 0 Å². The molecule has 7 heteroatoms. The lowest BCUT2D eigenvalue weighted by molar-refractivity contribution is 0.128. The number of amides is 1. The van der Waals surface area contributed by atoms with Crippen molar-refractivity contribution in [3.05, 3.63) is 48.0 Å². The van der Waals surface area contributed by atoms with Gasteiger partial charge in [-0.2, -0.15) is 0 Å². The highest BCUT2D eigenvalue weighted by molar-refractivity contribution is 5.92. The highest BCUT2D eigenvalue weighted by Crippen LogP contribution is 2.33. The maximum Gasteiger partial charge on any atom is 0.407 e. The number of rotatable bonds is 6. The summed E-state index contributed by atoms with van der Waals surface area (Å²) in [5.41, 5.74) is 2.94. The van der Waals surface area contributed by atoms with Gasteiger partial charge in [-0.25, -0.2) is 14.8 Å². The van der Waals surface area contributed by atoms with Crippen LogP contribution in [0.15, 0.2) is 42.5 Å². The highest BCUT2D eigenvalue weighted by atomic mass is 16.5. The van der Waals surface area contributed by atoms with Crippen molar-refractivity contribution in [1.82, 2.24) is 15.3 Å². The average Bonchev–Trinajstić information content (AvgIpc) is 2.82. The van der Waals surface area contributed by atoms with E-state index in [9.17, 15) is 4.79 Å². The molecule has 1 aromatic heterocycles. The Kier molecular flexibility index (Phi) is 6.96. The summed E-state index contributed by atoms with van der Waals surface area (Å²) in [6.45, 7) is 8.14. The summed E-state index contributed by atoms with van der Waals surface area (Å²) in [6, 6.07) is 14.2. The van der Waals surface area contributed by atoms with E-state index in [1.54, 1.807) is 7.11 Å². The predicted molar refractivity (Wildman–Crippen MR) is 131 cm³/mol. The van der Waals surface area contributed by atoms with Crippen LogP contribution in [0.2, 0.25) is 0 Å². The first kappa shape index (κ1) is 22.8. The second kappa shape index (κ2) is 10.1. The van der Waals surface area contributed by atoms with Crippen LogP contribution in [0.5, 0.6) is 5.75 Å². The van der Waals surface area contributed by atoms with Gasteiger partial charge < -0.3 is 19.7 Å². The van der Waals surface area contributed by atoms with E-state index < -0.39 is 0 Å². The highest BCUT2D eigenvalue weighted by Gasteiger charge is 2.24. The van der Waals surface area contributed by atoms with Crippen LogP contribution in [0.1, 0.15) is 32.3 Å². The number of anilines is 1. The summed E-state index contributed by atoms with van der Waals surface area (Å²) >= 11 is 0. The van der Waals surface area contributed by atoms with E-state index >= 15 is 0 Å². The molecule has 0 spiro atoms. The third kappa shape index (κ3) is 5.35. The number of alkyl carbamates (subject to hydrolysis) is 1. The molecule has 3 aromatic rings. The number of carbonyl (C=O) groups excluding carboxylic acids is 1. The van der Waals surface area contributed by atoms with Gasteiger partial charge in [0.25, 0.3) is 0 Å². The predicted octanol–water partition coefficient (Wildman–Crippen LogP) is 4.96. The van der Waals surface area contributed by atoms with Gasteiger partial charge in [0, 0.05) is 24.5 Å². The quantitative estimate of drug-likeness (QED) is 0.574. The van der Waals surface area contributed by atoms with Crippen molar-refractivity contribution in [2.45, 2.75) is 39.7 Å². The number of fused-ring (bicyclic) bond motifs is 1. The second-order valence-corrected chi connectivity index (χ2v) is 8.99. The van der Waals surface area contributed by atoms with Gasteiger partial charge in [0.05, 0.1) is 24.8 Å². The van der Waals surface area contributed by atoms with Gasteiger partial charge in [-0.1, -0.05) is 32.0 Å². The Bertz CT molecular complexity index is 1120.